The van der Waals surface area contributed by atoms with E-state index in [0.717, 1.165) is 13.1 Å². The van der Waals surface area contributed by atoms with Gasteiger partial charge in [0.2, 0.25) is 5.91 Å². The maximum atomic E-state index is 12.1. The van der Waals surface area contributed by atoms with Gasteiger partial charge in [0.15, 0.2) is 0 Å². The zero-order valence-electron chi connectivity index (χ0n) is 10.8. The van der Waals surface area contributed by atoms with Crippen LogP contribution in [0.5, 0.6) is 5.75 Å². The van der Waals surface area contributed by atoms with Crippen LogP contribution in [-0.4, -0.2) is 32.2 Å². The van der Waals surface area contributed by atoms with Crippen LogP contribution in [0.1, 0.15) is 5.56 Å². The lowest BCUT2D eigenvalue weighted by molar-refractivity contribution is -0.120. The van der Waals surface area contributed by atoms with Crippen molar-refractivity contribution in [1.82, 2.24) is 10.6 Å². The number of rotatable bonds is 6. The summed E-state index contributed by atoms with van der Waals surface area (Å²) in [6.45, 7) is -0.343. The Morgan fingerprint density at radius 3 is 2.80 bits per heavy atom. The van der Waals surface area contributed by atoms with Crippen LogP contribution in [0.4, 0.5) is 8.78 Å². The molecule has 2 N–H and O–H groups in total. The number of amides is 1. The van der Waals surface area contributed by atoms with E-state index in [0.29, 0.717) is 18.0 Å². The highest BCUT2D eigenvalue weighted by Gasteiger charge is 2.17. The first-order valence-electron chi connectivity index (χ1n) is 6.14. The molecule has 0 radical (unpaired) electrons. The number of benzene rings is 1. The van der Waals surface area contributed by atoms with E-state index in [1.807, 2.05) is 0 Å². The second kappa shape index (κ2) is 8.01. The lowest BCUT2D eigenvalue weighted by atomic mass is 10.0. The summed E-state index contributed by atoms with van der Waals surface area (Å²) in [7, 11) is 0. The van der Waals surface area contributed by atoms with Crippen molar-refractivity contribution in [2.24, 2.45) is 5.92 Å². The maximum absolute atomic E-state index is 12.1. The molecule has 1 amide bonds. The summed E-state index contributed by atoms with van der Waals surface area (Å²) >= 11 is 0. The number of hydrogen-bond acceptors (Lipinski definition) is 3. The van der Waals surface area contributed by atoms with Crippen molar-refractivity contribution >= 4 is 18.3 Å². The molecule has 2 rings (SSSR count). The Kier molecular flexibility index (Phi) is 6.67. The Labute approximate surface area is 122 Å². The van der Waals surface area contributed by atoms with E-state index < -0.39 is 6.61 Å². The quantitative estimate of drug-likeness (QED) is 0.839. The fourth-order valence-electron chi connectivity index (χ4n) is 1.83. The second-order valence-electron chi connectivity index (χ2n) is 4.53. The van der Waals surface area contributed by atoms with Crippen LogP contribution in [0, 0.1) is 5.92 Å². The zero-order chi connectivity index (χ0) is 13.7. The first-order valence-corrected chi connectivity index (χ1v) is 6.14. The molecule has 1 aromatic carbocycles. The molecule has 1 heterocycles. The number of hydrogen-bond donors (Lipinski definition) is 2. The maximum Gasteiger partial charge on any atom is 0.387 e. The lowest BCUT2D eigenvalue weighted by Crippen LogP contribution is -2.48. The highest BCUT2D eigenvalue weighted by molar-refractivity contribution is 5.85. The van der Waals surface area contributed by atoms with Gasteiger partial charge < -0.3 is 15.4 Å². The second-order valence-corrected chi connectivity index (χ2v) is 4.53. The predicted octanol–water partition coefficient (Wildman–Crippen LogP) is 1.59. The van der Waals surface area contributed by atoms with Crippen molar-refractivity contribution in [2.45, 2.75) is 13.0 Å². The largest absolute Gasteiger partial charge is 0.435 e. The average Bonchev–Trinajstić information content (AvgIpc) is 2.26. The van der Waals surface area contributed by atoms with Gasteiger partial charge in [-0.3, -0.25) is 4.79 Å². The molecule has 4 nitrogen and oxygen atoms in total. The molecule has 1 saturated heterocycles. The average molecular weight is 307 g/mol. The first-order chi connectivity index (χ1) is 9.13. The number of alkyl halides is 2. The summed E-state index contributed by atoms with van der Waals surface area (Å²) in [4.78, 5) is 11.7. The van der Waals surface area contributed by atoms with Crippen LogP contribution in [0.25, 0.3) is 0 Å². The van der Waals surface area contributed by atoms with Crippen LogP contribution in [0.3, 0.4) is 0 Å². The van der Waals surface area contributed by atoms with Crippen LogP contribution >= 0.6 is 12.4 Å². The fourth-order valence-corrected chi connectivity index (χ4v) is 1.83. The minimum atomic E-state index is -2.85. The summed E-state index contributed by atoms with van der Waals surface area (Å²) < 4.78 is 28.4. The molecule has 1 aliphatic heterocycles. The Bertz CT molecular complexity index is 442. The highest BCUT2D eigenvalue weighted by Crippen LogP contribution is 2.16. The van der Waals surface area contributed by atoms with Crippen LogP contribution < -0.4 is 15.4 Å². The molecule has 1 aromatic rings. The summed E-state index contributed by atoms with van der Waals surface area (Å²) in [5, 5.41) is 5.95. The summed E-state index contributed by atoms with van der Waals surface area (Å²) in [5.74, 6) is 0.460. The topological polar surface area (TPSA) is 50.4 Å². The number of carbonyl (C=O) groups is 1. The van der Waals surface area contributed by atoms with E-state index in [1.54, 1.807) is 12.1 Å². The van der Waals surface area contributed by atoms with Crippen molar-refractivity contribution in [3.05, 3.63) is 29.8 Å². The third-order valence-corrected chi connectivity index (χ3v) is 2.94. The van der Waals surface area contributed by atoms with Crippen molar-refractivity contribution in [1.29, 1.82) is 0 Å². The van der Waals surface area contributed by atoms with Gasteiger partial charge in [-0.2, -0.15) is 8.78 Å². The van der Waals surface area contributed by atoms with E-state index in [9.17, 15) is 13.6 Å². The summed E-state index contributed by atoms with van der Waals surface area (Å²) in [6.07, 6.45) is 0.167. The van der Waals surface area contributed by atoms with Crippen molar-refractivity contribution in [3.8, 4) is 5.75 Å². The van der Waals surface area contributed by atoms with Crippen LogP contribution in [0.15, 0.2) is 24.3 Å². The summed E-state index contributed by atoms with van der Waals surface area (Å²) in [5.41, 5.74) is 0.655. The Hall–Kier alpha value is -1.40. The Morgan fingerprint density at radius 1 is 1.45 bits per heavy atom. The molecule has 0 spiro atoms. The molecule has 112 valence electrons. The first kappa shape index (κ1) is 16.7. The smallest absolute Gasteiger partial charge is 0.387 e. The molecule has 0 atom stereocenters. The van der Waals surface area contributed by atoms with E-state index in [4.69, 9.17) is 0 Å². The minimum Gasteiger partial charge on any atom is -0.435 e. The zero-order valence-corrected chi connectivity index (χ0v) is 11.6. The Morgan fingerprint density at radius 2 is 2.20 bits per heavy atom. The highest BCUT2D eigenvalue weighted by atomic mass is 35.5. The fraction of sp³-hybridized carbons (Fsp3) is 0.462. The third kappa shape index (κ3) is 5.30. The molecule has 1 aliphatic rings. The van der Waals surface area contributed by atoms with E-state index >= 15 is 0 Å². The molecule has 20 heavy (non-hydrogen) atoms. The molecule has 0 aromatic heterocycles. The van der Waals surface area contributed by atoms with Gasteiger partial charge >= 0.3 is 6.61 Å². The molecular formula is C13H17ClF2N2O2. The lowest BCUT2D eigenvalue weighted by Gasteiger charge is -2.27. The molecular weight excluding hydrogens is 290 g/mol. The molecule has 7 heteroatoms. The number of ether oxygens (including phenoxy) is 1. The predicted molar refractivity (Wildman–Crippen MR) is 73.4 cm³/mol. The van der Waals surface area contributed by atoms with E-state index in [2.05, 4.69) is 15.4 Å². The normalized spacial score (nSPS) is 14.3. The van der Waals surface area contributed by atoms with Gasteiger partial charge in [0.1, 0.15) is 5.75 Å². The van der Waals surface area contributed by atoms with Gasteiger partial charge in [-0.15, -0.1) is 12.4 Å². The van der Waals surface area contributed by atoms with Gasteiger partial charge in [0.05, 0.1) is 6.42 Å². The van der Waals surface area contributed by atoms with E-state index in [1.165, 1.54) is 12.1 Å². The number of halogens is 3. The number of carbonyl (C=O) groups excluding carboxylic acids is 1. The SMILES string of the molecule is Cl.O=C(Cc1cccc(OC(F)F)c1)NCC1CNC1. The minimum absolute atomic E-state index is 0. The van der Waals surface area contributed by atoms with Gasteiger partial charge in [-0.1, -0.05) is 12.1 Å². The van der Waals surface area contributed by atoms with Crippen molar-refractivity contribution in [3.63, 3.8) is 0 Å². The third-order valence-electron chi connectivity index (χ3n) is 2.94. The van der Waals surface area contributed by atoms with Gasteiger partial charge in [-0.05, 0) is 17.7 Å². The van der Waals surface area contributed by atoms with E-state index in [-0.39, 0.29) is 30.5 Å². The van der Waals surface area contributed by atoms with Gasteiger partial charge in [0, 0.05) is 25.6 Å². The molecule has 1 fully saturated rings. The van der Waals surface area contributed by atoms with Crippen LogP contribution in [0.2, 0.25) is 0 Å². The van der Waals surface area contributed by atoms with Gasteiger partial charge in [0.25, 0.3) is 0 Å². The van der Waals surface area contributed by atoms with Crippen molar-refractivity contribution < 1.29 is 18.3 Å². The van der Waals surface area contributed by atoms with Gasteiger partial charge in [-0.25, -0.2) is 0 Å². The molecule has 0 saturated carbocycles. The molecule has 0 aliphatic carbocycles. The monoisotopic (exact) mass is 306 g/mol. The standard InChI is InChI=1S/C13H16F2N2O2.ClH/c14-13(15)19-11-3-1-2-9(4-11)5-12(18)17-8-10-6-16-7-10;/h1-4,10,13,16H,5-8H2,(H,17,18);1H. The Balaban J connectivity index is 0.00000200. The summed E-state index contributed by atoms with van der Waals surface area (Å²) in [6, 6.07) is 6.20. The molecule has 0 unspecified atom stereocenters. The van der Waals surface area contributed by atoms with Crippen LogP contribution in [-0.2, 0) is 11.2 Å². The van der Waals surface area contributed by atoms with Crippen molar-refractivity contribution in [2.75, 3.05) is 19.6 Å². The molecule has 0 bridgehead atoms. The number of nitrogens with one attached hydrogen (secondary N) is 2.